The number of ether oxygens (including phenoxy) is 1. The van der Waals surface area contributed by atoms with Gasteiger partial charge in [-0.1, -0.05) is 12.1 Å². The lowest BCUT2D eigenvalue weighted by atomic mass is 10.0. The van der Waals surface area contributed by atoms with E-state index < -0.39 is 0 Å². The first-order valence-corrected chi connectivity index (χ1v) is 13.6. The number of hydrogen-bond donors (Lipinski definition) is 1. The van der Waals surface area contributed by atoms with Crippen LogP contribution in [0.2, 0.25) is 0 Å². The van der Waals surface area contributed by atoms with Gasteiger partial charge in [0, 0.05) is 72.0 Å². The van der Waals surface area contributed by atoms with Crippen LogP contribution in [0.1, 0.15) is 18.4 Å². The Hall–Kier alpha value is -2.11. The number of allylic oxidation sites excluding steroid dienone is 1. The highest BCUT2D eigenvalue weighted by Gasteiger charge is 2.18. The number of benzene rings is 1. The highest BCUT2D eigenvalue weighted by atomic mass is 127. The van der Waals surface area contributed by atoms with Gasteiger partial charge in [0.2, 0.25) is 0 Å². The number of likely N-dealkylation sites (N-methyl/N-ethyl adjacent to an activating group) is 1. The van der Waals surface area contributed by atoms with E-state index in [1.54, 1.807) is 25.6 Å². The summed E-state index contributed by atoms with van der Waals surface area (Å²) in [7, 11) is 5.17. The maximum atomic E-state index is 13.9. The second-order valence-electron chi connectivity index (χ2n) is 7.86. The first-order chi connectivity index (χ1) is 15.5. The normalized spacial score (nSPS) is 18.3. The minimum Gasteiger partial charge on any atom is -0.482 e. The molecule has 0 saturated carbocycles. The van der Waals surface area contributed by atoms with E-state index in [4.69, 9.17) is 20.4 Å². The number of halogens is 2. The summed E-state index contributed by atoms with van der Waals surface area (Å²) >= 11 is 2.21. The number of aliphatic imine (C=N–C) groups is 1. The Balaban J connectivity index is 1.78. The summed E-state index contributed by atoms with van der Waals surface area (Å²) in [6, 6.07) is 8.83. The quantitative estimate of drug-likeness (QED) is 0.255. The summed E-state index contributed by atoms with van der Waals surface area (Å²) in [6.45, 7) is 2.03. The maximum Gasteiger partial charge on any atom is 0.193 e. The number of nitrogens with two attached hydrogens (primary N) is 1. The summed E-state index contributed by atoms with van der Waals surface area (Å²) in [4.78, 5) is 11.8. The Morgan fingerprint density at radius 1 is 1.41 bits per heavy atom. The third kappa shape index (κ3) is 4.94. The van der Waals surface area contributed by atoms with Gasteiger partial charge in [-0.3, -0.25) is 8.96 Å². The van der Waals surface area contributed by atoms with Gasteiger partial charge in [-0.25, -0.2) is 9.37 Å². The van der Waals surface area contributed by atoms with Crippen LogP contribution < -0.4 is 5.73 Å². The average molecular weight is 565 g/mol. The molecule has 3 heterocycles. The fourth-order valence-corrected chi connectivity index (χ4v) is 5.25. The fourth-order valence-electron chi connectivity index (χ4n) is 4.00. The summed E-state index contributed by atoms with van der Waals surface area (Å²) in [5.74, 6) is 0.0116. The van der Waals surface area contributed by atoms with Crippen molar-refractivity contribution in [2.24, 2.45) is 10.7 Å². The summed E-state index contributed by atoms with van der Waals surface area (Å²) in [5.41, 5.74) is 10.2. The number of aromatic nitrogens is 2. The van der Waals surface area contributed by atoms with E-state index >= 15 is 0 Å². The lowest BCUT2D eigenvalue weighted by Gasteiger charge is -2.27. The van der Waals surface area contributed by atoms with Crippen LogP contribution in [0.25, 0.3) is 27.7 Å². The van der Waals surface area contributed by atoms with Gasteiger partial charge >= 0.3 is 0 Å². The molecule has 32 heavy (non-hydrogen) atoms. The molecule has 9 heteroatoms. The van der Waals surface area contributed by atoms with Crippen LogP contribution >= 0.6 is 30.3 Å². The topological polar surface area (TPSA) is 68.7 Å². The monoisotopic (exact) mass is 565 g/mol. The van der Waals surface area contributed by atoms with Gasteiger partial charge in [0.15, 0.2) is 11.5 Å². The average Bonchev–Trinajstić information content (AvgIpc) is 3.17. The van der Waals surface area contributed by atoms with Crippen LogP contribution in [-0.4, -0.2) is 53.4 Å². The standard InChI is InChI=1S/C23H25FIN5OS/c1-29-8-4-7-18(13-29)27-12-20(22(26)31-2)16-10-19-21(15-5-3-6-17(24)9-15)14-30(32-25)23(19)28-11-16/h3,5-6,9-12,14,18H,4,7-8,13,26H2,1-2H3/b22-20-,27-12?. The van der Waals surface area contributed by atoms with E-state index in [2.05, 4.69) is 33.2 Å². The molecule has 2 aromatic heterocycles. The van der Waals surface area contributed by atoms with Crippen LogP contribution in [-0.2, 0) is 4.74 Å². The third-order valence-electron chi connectivity index (χ3n) is 5.63. The molecule has 0 amide bonds. The molecule has 1 atom stereocenters. The molecule has 0 aliphatic carbocycles. The highest BCUT2D eigenvalue weighted by molar-refractivity contribution is 14.2. The van der Waals surface area contributed by atoms with Crippen molar-refractivity contribution in [1.29, 1.82) is 0 Å². The molecule has 3 aromatic rings. The number of hydrogen-bond acceptors (Lipinski definition) is 6. The number of piperidine rings is 1. The van der Waals surface area contributed by atoms with Crippen LogP contribution in [0.15, 0.2) is 53.6 Å². The molecule has 0 spiro atoms. The van der Waals surface area contributed by atoms with Crippen molar-refractivity contribution in [2.75, 3.05) is 27.2 Å². The number of methoxy groups -OCH3 is 1. The van der Waals surface area contributed by atoms with E-state index in [9.17, 15) is 4.39 Å². The Bertz CT molecular complexity index is 1180. The van der Waals surface area contributed by atoms with Crippen LogP contribution in [0, 0.1) is 5.82 Å². The lowest BCUT2D eigenvalue weighted by Crippen LogP contribution is -2.34. The summed E-state index contributed by atoms with van der Waals surface area (Å²) in [5, 5.41) is 0.907. The molecule has 168 valence electrons. The van der Waals surface area contributed by atoms with Crippen molar-refractivity contribution in [3.8, 4) is 11.1 Å². The van der Waals surface area contributed by atoms with Gasteiger partial charge in [0.1, 0.15) is 5.82 Å². The van der Waals surface area contributed by atoms with Gasteiger partial charge in [0.25, 0.3) is 0 Å². The first kappa shape index (κ1) is 23.1. The SMILES string of the molecule is CO/C(N)=C(/C=NC1CCCN(C)C1)c1cnc2c(c1)c(-c1cccc(F)c1)cn2SI. The summed E-state index contributed by atoms with van der Waals surface area (Å²) in [6.07, 6.45) is 7.74. The van der Waals surface area contributed by atoms with Crippen molar-refractivity contribution in [3.05, 3.63) is 60.0 Å². The lowest BCUT2D eigenvalue weighted by molar-refractivity contribution is 0.253. The summed E-state index contributed by atoms with van der Waals surface area (Å²) < 4.78 is 21.2. The van der Waals surface area contributed by atoms with Crippen LogP contribution in [0.3, 0.4) is 0 Å². The van der Waals surface area contributed by atoms with Crippen molar-refractivity contribution in [2.45, 2.75) is 18.9 Å². The van der Waals surface area contributed by atoms with E-state index in [1.807, 2.05) is 22.3 Å². The molecule has 1 aliphatic heterocycles. The zero-order valence-corrected chi connectivity index (χ0v) is 20.9. The van der Waals surface area contributed by atoms with Gasteiger partial charge in [-0.2, -0.15) is 0 Å². The van der Waals surface area contributed by atoms with Gasteiger partial charge in [-0.05, 0) is 50.2 Å². The van der Waals surface area contributed by atoms with Gasteiger partial charge in [0.05, 0.1) is 18.7 Å². The van der Waals surface area contributed by atoms with E-state index in [0.29, 0.717) is 5.57 Å². The molecule has 1 unspecified atom stereocenters. The second-order valence-corrected chi connectivity index (χ2v) is 9.57. The van der Waals surface area contributed by atoms with Crippen molar-refractivity contribution in [1.82, 2.24) is 13.9 Å². The third-order valence-corrected chi connectivity index (χ3v) is 7.33. The van der Waals surface area contributed by atoms with Crippen LogP contribution in [0.5, 0.6) is 0 Å². The molecule has 1 saturated heterocycles. The minimum absolute atomic E-state index is 0.226. The van der Waals surface area contributed by atoms with Crippen molar-refractivity contribution >= 4 is 53.1 Å². The predicted octanol–water partition coefficient (Wildman–Crippen LogP) is 5.13. The van der Waals surface area contributed by atoms with E-state index in [-0.39, 0.29) is 17.7 Å². The van der Waals surface area contributed by atoms with Gasteiger partial charge < -0.3 is 15.4 Å². The molecule has 2 N–H and O–H groups in total. The molecule has 1 fully saturated rings. The Morgan fingerprint density at radius 3 is 2.97 bits per heavy atom. The maximum absolute atomic E-state index is 13.9. The Kier molecular flexibility index (Phi) is 7.37. The van der Waals surface area contributed by atoms with Crippen molar-refractivity contribution in [3.63, 3.8) is 0 Å². The zero-order chi connectivity index (χ0) is 22.7. The van der Waals surface area contributed by atoms with Crippen LogP contribution in [0.4, 0.5) is 4.39 Å². The predicted molar refractivity (Wildman–Crippen MR) is 139 cm³/mol. The van der Waals surface area contributed by atoms with E-state index in [0.717, 1.165) is 53.7 Å². The number of pyridine rings is 1. The smallest absolute Gasteiger partial charge is 0.193 e. The zero-order valence-electron chi connectivity index (χ0n) is 18.0. The van der Waals surface area contributed by atoms with E-state index in [1.165, 1.54) is 21.3 Å². The number of likely N-dealkylation sites (tertiary alicyclic amines) is 1. The molecule has 1 aromatic carbocycles. The minimum atomic E-state index is -0.275. The second kappa shape index (κ2) is 10.2. The molecule has 0 bridgehead atoms. The first-order valence-electron chi connectivity index (χ1n) is 10.3. The Labute approximate surface area is 203 Å². The highest BCUT2D eigenvalue weighted by Crippen LogP contribution is 2.35. The fraction of sp³-hybridized carbons (Fsp3) is 0.304. The molecular formula is C23H25FIN5OS. The number of fused-ring (bicyclic) bond motifs is 1. The Morgan fingerprint density at radius 2 is 2.25 bits per heavy atom. The largest absolute Gasteiger partial charge is 0.482 e. The molecule has 6 nitrogen and oxygen atoms in total. The molecule has 4 rings (SSSR count). The van der Waals surface area contributed by atoms with Gasteiger partial charge in [-0.15, -0.1) is 0 Å². The molecular weight excluding hydrogens is 540 g/mol. The molecule has 1 aliphatic rings. The number of nitrogens with zero attached hydrogens (tertiary/aromatic N) is 4. The molecule has 0 radical (unpaired) electrons. The number of rotatable bonds is 6. The van der Waals surface area contributed by atoms with Crippen molar-refractivity contribution < 1.29 is 9.13 Å².